The summed E-state index contributed by atoms with van der Waals surface area (Å²) in [6.07, 6.45) is 2.60. The van der Waals surface area contributed by atoms with Gasteiger partial charge >= 0.3 is 0 Å². The summed E-state index contributed by atoms with van der Waals surface area (Å²) < 4.78 is 1.91. The Labute approximate surface area is 118 Å². The number of rotatable bonds is 5. The van der Waals surface area contributed by atoms with Crippen LogP contribution in [0.2, 0.25) is 5.02 Å². The molecule has 0 aliphatic carbocycles. The molecule has 0 radical (unpaired) electrons. The summed E-state index contributed by atoms with van der Waals surface area (Å²) in [5.74, 6) is 0. The highest BCUT2D eigenvalue weighted by atomic mass is 35.5. The van der Waals surface area contributed by atoms with Crippen LogP contribution in [0.1, 0.15) is 30.0 Å². The van der Waals surface area contributed by atoms with Crippen LogP contribution in [0.3, 0.4) is 0 Å². The van der Waals surface area contributed by atoms with E-state index in [4.69, 9.17) is 11.6 Å². The fraction of sp³-hybridized carbons (Fsp3) is 0.429. The number of likely N-dealkylation sites (N-methyl/N-ethyl adjacent to an activating group) is 1. The number of aromatic nitrogens is 3. The lowest BCUT2D eigenvalue weighted by Gasteiger charge is -2.18. The van der Waals surface area contributed by atoms with E-state index in [1.165, 1.54) is 5.69 Å². The third-order valence-electron chi connectivity index (χ3n) is 3.08. The molecule has 0 aliphatic heterocycles. The average molecular weight is 279 g/mol. The predicted molar refractivity (Wildman–Crippen MR) is 77.3 cm³/mol. The summed E-state index contributed by atoms with van der Waals surface area (Å²) in [6, 6.07) is 5.93. The van der Waals surface area contributed by atoms with E-state index in [1.54, 1.807) is 6.20 Å². The van der Waals surface area contributed by atoms with Crippen molar-refractivity contribution in [3.63, 3.8) is 0 Å². The molecule has 0 aromatic carbocycles. The van der Waals surface area contributed by atoms with E-state index in [9.17, 15) is 0 Å². The zero-order valence-corrected chi connectivity index (χ0v) is 12.3. The maximum atomic E-state index is 6.24. The molecule has 2 rings (SSSR count). The van der Waals surface area contributed by atoms with Gasteiger partial charge in [0.1, 0.15) is 0 Å². The number of hydrogen-bond acceptors (Lipinski definition) is 3. The lowest BCUT2D eigenvalue weighted by atomic mass is 10.1. The minimum Gasteiger partial charge on any atom is -0.309 e. The zero-order chi connectivity index (χ0) is 13.8. The van der Waals surface area contributed by atoms with Crippen molar-refractivity contribution in [3.8, 4) is 0 Å². The van der Waals surface area contributed by atoms with Gasteiger partial charge in [-0.1, -0.05) is 18.5 Å². The van der Waals surface area contributed by atoms with Crippen LogP contribution in [0, 0.1) is 6.92 Å². The highest BCUT2D eigenvalue weighted by molar-refractivity contribution is 6.31. The van der Waals surface area contributed by atoms with Crippen molar-refractivity contribution in [1.29, 1.82) is 0 Å². The Morgan fingerprint density at radius 2 is 2.26 bits per heavy atom. The van der Waals surface area contributed by atoms with Gasteiger partial charge in [-0.25, -0.2) is 0 Å². The van der Waals surface area contributed by atoms with Gasteiger partial charge in [-0.05, 0) is 31.7 Å². The molecule has 102 valence electrons. The fourth-order valence-corrected chi connectivity index (χ4v) is 2.48. The highest BCUT2D eigenvalue weighted by Crippen LogP contribution is 2.23. The maximum Gasteiger partial charge on any atom is 0.0762 e. The van der Waals surface area contributed by atoms with Gasteiger partial charge < -0.3 is 5.32 Å². The number of nitrogens with one attached hydrogen (secondary N) is 1. The summed E-state index contributed by atoms with van der Waals surface area (Å²) in [5.41, 5.74) is 3.09. The van der Waals surface area contributed by atoms with Crippen LogP contribution in [0.25, 0.3) is 0 Å². The molecule has 0 bridgehead atoms. The molecule has 1 atom stereocenters. The lowest BCUT2D eigenvalue weighted by Crippen LogP contribution is -2.25. The standard InChI is InChI=1S/C14H19ClN4/c1-4-16-13(14-12(15)6-5-7-17-14)9-11-8-10(2)18-19(11)3/h5-8,13,16H,4,9H2,1-3H3. The van der Waals surface area contributed by atoms with Gasteiger partial charge in [0.15, 0.2) is 0 Å². The Balaban J connectivity index is 2.26. The molecule has 19 heavy (non-hydrogen) atoms. The molecule has 5 heteroatoms. The van der Waals surface area contributed by atoms with E-state index in [0.29, 0.717) is 5.02 Å². The molecule has 0 amide bonds. The molecular formula is C14H19ClN4. The van der Waals surface area contributed by atoms with Crippen molar-refractivity contribution < 1.29 is 0 Å². The molecule has 0 fully saturated rings. The third kappa shape index (κ3) is 3.33. The van der Waals surface area contributed by atoms with E-state index >= 15 is 0 Å². The van der Waals surface area contributed by atoms with E-state index in [-0.39, 0.29) is 6.04 Å². The molecule has 4 nitrogen and oxygen atoms in total. The van der Waals surface area contributed by atoms with E-state index in [0.717, 1.165) is 24.4 Å². The summed E-state index contributed by atoms with van der Waals surface area (Å²) in [4.78, 5) is 4.41. The summed E-state index contributed by atoms with van der Waals surface area (Å²) in [7, 11) is 1.96. The van der Waals surface area contributed by atoms with Gasteiger partial charge in [-0.3, -0.25) is 9.67 Å². The number of nitrogens with zero attached hydrogens (tertiary/aromatic N) is 3. The smallest absolute Gasteiger partial charge is 0.0762 e. The van der Waals surface area contributed by atoms with Crippen molar-refractivity contribution >= 4 is 11.6 Å². The first kappa shape index (κ1) is 14.0. The maximum absolute atomic E-state index is 6.24. The van der Waals surface area contributed by atoms with Crippen LogP contribution in [0.5, 0.6) is 0 Å². The van der Waals surface area contributed by atoms with Crippen LogP contribution >= 0.6 is 11.6 Å². The Morgan fingerprint density at radius 1 is 1.47 bits per heavy atom. The summed E-state index contributed by atoms with van der Waals surface area (Å²) in [6.45, 7) is 4.95. The SMILES string of the molecule is CCNC(Cc1cc(C)nn1C)c1ncccc1Cl. The second-order valence-corrected chi connectivity index (χ2v) is 4.99. The monoisotopic (exact) mass is 278 g/mol. The van der Waals surface area contributed by atoms with Crippen molar-refractivity contribution in [2.24, 2.45) is 7.05 Å². The Kier molecular flexibility index (Phi) is 4.56. The number of hydrogen-bond donors (Lipinski definition) is 1. The Bertz CT molecular complexity index is 550. The normalized spacial score (nSPS) is 12.6. The van der Waals surface area contributed by atoms with Gasteiger partial charge in [-0.15, -0.1) is 0 Å². The Hall–Kier alpha value is -1.39. The number of pyridine rings is 1. The fourth-order valence-electron chi connectivity index (χ4n) is 2.23. The second kappa shape index (κ2) is 6.17. The molecular weight excluding hydrogens is 260 g/mol. The van der Waals surface area contributed by atoms with Gasteiger partial charge in [0, 0.05) is 25.4 Å². The van der Waals surface area contributed by atoms with Crippen molar-refractivity contribution in [2.45, 2.75) is 26.3 Å². The van der Waals surface area contributed by atoms with Crippen LogP contribution < -0.4 is 5.32 Å². The van der Waals surface area contributed by atoms with E-state index in [1.807, 2.05) is 30.8 Å². The first-order chi connectivity index (χ1) is 9.11. The van der Waals surface area contributed by atoms with Crippen molar-refractivity contribution in [1.82, 2.24) is 20.1 Å². The third-order valence-corrected chi connectivity index (χ3v) is 3.40. The molecule has 0 saturated carbocycles. The molecule has 0 aliphatic rings. The van der Waals surface area contributed by atoms with Crippen molar-refractivity contribution in [3.05, 3.63) is 46.5 Å². The van der Waals surface area contributed by atoms with Gasteiger partial charge in [0.2, 0.25) is 0 Å². The zero-order valence-electron chi connectivity index (χ0n) is 11.5. The molecule has 1 unspecified atom stereocenters. The summed E-state index contributed by atoms with van der Waals surface area (Å²) in [5, 5.41) is 8.51. The highest BCUT2D eigenvalue weighted by Gasteiger charge is 2.17. The minimum absolute atomic E-state index is 0.105. The minimum atomic E-state index is 0.105. The predicted octanol–water partition coefficient (Wildman–Crippen LogP) is 2.67. The van der Waals surface area contributed by atoms with Crippen molar-refractivity contribution in [2.75, 3.05) is 6.54 Å². The topological polar surface area (TPSA) is 42.7 Å². The van der Waals surface area contributed by atoms with Gasteiger partial charge in [-0.2, -0.15) is 5.10 Å². The largest absolute Gasteiger partial charge is 0.309 e. The first-order valence-electron chi connectivity index (χ1n) is 6.45. The Morgan fingerprint density at radius 3 is 2.84 bits per heavy atom. The van der Waals surface area contributed by atoms with Crippen LogP contribution in [0.15, 0.2) is 24.4 Å². The number of aryl methyl sites for hydroxylation is 2. The van der Waals surface area contributed by atoms with Gasteiger partial charge in [0.05, 0.1) is 22.5 Å². The molecule has 2 heterocycles. The second-order valence-electron chi connectivity index (χ2n) is 4.59. The van der Waals surface area contributed by atoms with Crippen LogP contribution in [-0.2, 0) is 13.5 Å². The molecule has 0 spiro atoms. The first-order valence-corrected chi connectivity index (χ1v) is 6.83. The van der Waals surface area contributed by atoms with E-state index < -0.39 is 0 Å². The summed E-state index contributed by atoms with van der Waals surface area (Å²) >= 11 is 6.24. The molecule has 2 aromatic rings. The average Bonchev–Trinajstić information content (AvgIpc) is 2.68. The molecule has 0 saturated heterocycles. The quantitative estimate of drug-likeness (QED) is 0.914. The lowest BCUT2D eigenvalue weighted by molar-refractivity contribution is 0.517. The molecule has 1 N–H and O–H groups in total. The van der Waals surface area contributed by atoms with E-state index in [2.05, 4.69) is 28.4 Å². The number of halogens is 1. The van der Waals surface area contributed by atoms with Gasteiger partial charge in [0.25, 0.3) is 0 Å². The molecule has 2 aromatic heterocycles. The van der Waals surface area contributed by atoms with Crippen LogP contribution in [-0.4, -0.2) is 21.3 Å². The van der Waals surface area contributed by atoms with Crippen LogP contribution in [0.4, 0.5) is 0 Å².